The lowest BCUT2D eigenvalue weighted by Crippen LogP contribution is -2.29. The summed E-state index contributed by atoms with van der Waals surface area (Å²) in [5.41, 5.74) is 8.03. The van der Waals surface area contributed by atoms with Crippen molar-refractivity contribution in [3.05, 3.63) is 5.69 Å². The van der Waals surface area contributed by atoms with Crippen LogP contribution in [0.5, 0.6) is 0 Å². The van der Waals surface area contributed by atoms with Crippen molar-refractivity contribution in [3.63, 3.8) is 0 Å². The minimum atomic E-state index is 0.840. The third-order valence-electron chi connectivity index (χ3n) is 3.18. The molecular formula is C13H27N5. The molecule has 0 aliphatic rings. The van der Waals surface area contributed by atoms with Crippen molar-refractivity contribution in [2.75, 3.05) is 44.4 Å². The van der Waals surface area contributed by atoms with Gasteiger partial charge in [-0.1, -0.05) is 6.92 Å². The molecule has 104 valence electrons. The largest absolute Gasteiger partial charge is 0.394 e. The van der Waals surface area contributed by atoms with Gasteiger partial charge in [-0.3, -0.25) is 4.68 Å². The molecule has 5 nitrogen and oxygen atoms in total. The van der Waals surface area contributed by atoms with Crippen LogP contribution in [0.2, 0.25) is 0 Å². The summed E-state index contributed by atoms with van der Waals surface area (Å²) in [5.74, 6) is 1.06. The van der Waals surface area contributed by atoms with Crippen molar-refractivity contribution >= 4 is 11.5 Å². The number of aryl methyl sites for hydroxylation is 2. The monoisotopic (exact) mass is 253 g/mol. The zero-order chi connectivity index (χ0) is 13.7. The molecule has 2 N–H and O–H groups in total. The Bertz CT molecular complexity index is 370. The van der Waals surface area contributed by atoms with Gasteiger partial charge in [-0.2, -0.15) is 5.10 Å². The van der Waals surface area contributed by atoms with Crippen LogP contribution in [0.3, 0.4) is 0 Å². The van der Waals surface area contributed by atoms with Gasteiger partial charge in [0.1, 0.15) is 5.82 Å². The maximum atomic E-state index is 6.19. The standard InChI is InChI=1S/C13H27N5/c1-6-11-12(14)13(17(5)15-11)18(7-2)10-8-9-16(3)4/h6-10,14H2,1-5H3. The SMILES string of the molecule is CCc1nn(C)c(N(CC)CCCN(C)C)c1N. The Hall–Kier alpha value is -1.23. The highest BCUT2D eigenvalue weighted by molar-refractivity contribution is 5.66. The van der Waals surface area contributed by atoms with Crippen molar-refractivity contribution in [2.24, 2.45) is 7.05 Å². The van der Waals surface area contributed by atoms with E-state index >= 15 is 0 Å². The summed E-state index contributed by atoms with van der Waals surface area (Å²) in [4.78, 5) is 4.52. The van der Waals surface area contributed by atoms with Gasteiger partial charge in [-0.25, -0.2) is 0 Å². The summed E-state index contributed by atoms with van der Waals surface area (Å²) in [6, 6.07) is 0. The molecule has 0 aliphatic carbocycles. The molecule has 0 atom stereocenters. The van der Waals surface area contributed by atoms with E-state index in [1.54, 1.807) is 0 Å². The molecule has 0 amide bonds. The van der Waals surface area contributed by atoms with Crippen molar-refractivity contribution in [3.8, 4) is 0 Å². The average molecular weight is 253 g/mol. The number of rotatable bonds is 7. The van der Waals surface area contributed by atoms with Crippen molar-refractivity contribution in [1.82, 2.24) is 14.7 Å². The quantitative estimate of drug-likeness (QED) is 0.797. The number of nitrogens with zero attached hydrogens (tertiary/aromatic N) is 4. The number of nitrogens with two attached hydrogens (primary N) is 1. The molecule has 0 aromatic carbocycles. The molecule has 1 rings (SSSR count). The minimum absolute atomic E-state index is 0.840. The van der Waals surface area contributed by atoms with Gasteiger partial charge in [0.15, 0.2) is 0 Å². The average Bonchev–Trinajstić information content (AvgIpc) is 2.60. The Morgan fingerprint density at radius 3 is 2.33 bits per heavy atom. The summed E-state index contributed by atoms with van der Waals surface area (Å²) in [6.45, 7) is 7.31. The minimum Gasteiger partial charge on any atom is -0.394 e. The first-order valence-electron chi connectivity index (χ1n) is 6.72. The van der Waals surface area contributed by atoms with Gasteiger partial charge in [0.25, 0.3) is 0 Å². The third kappa shape index (κ3) is 3.38. The third-order valence-corrected chi connectivity index (χ3v) is 3.18. The topological polar surface area (TPSA) is 50.3 Å². The molecule has 0 fully saturated rings. The second-order valence-corrected chi connectivity index (χ2v) is 4.90. The van der Waals surface area contributed by atoms with Crippen molar-refractivity contribution < 1.29 is 0 Å². The van der Waals surface area contributed by atoms with Crippen LogP contribution in [-0.4, -0.2) is 48.4 Å². The first-order chi connectivity index (χ1) is 8.51. The van der Waals surface area contributed by atoms with Gasteiger partial charge in [0.2, 0.25) is 0 Å². The molecule has 0 spiro atoms. The molecule has 5 heteroatoms. The van der Waals surface area contributed by atoms with E-state index in [1.807, 2.05) is 11.7 Å². The number of anilines is 2. The van der Waals surface area contributed by atoms with E-state index < -0.39 is 0 Å². The molecule has 0 radical (unpaired) electrons. The Balaban J connectivity index is 2.78. The highest BCUT2D eigenvalue weighted by atomic mass is 15.4. The molecule has 0 saturated heterocycles. The van der Waals surface area contributed by atoms with Crippen molar-refractivity contribution in [2.45, 2.75) is 26.7 Å². The lowest BCUT2D eigenvalue weighted by Gasteiger charge is -2.24. The second kappa shape index (κ2) is 6.64. The maximum absolute atomic E-state index is 6.19. The highest BCUT2D eigenvalue weighted by Gasteiger charge is 2.16. The summed E-state index contributed by atoms with van der Waals surface area (Å²) in [7, 11) is 6.17. The fourth-order valence-corrected chi connectivity index (χ4v) is 2.21. The first kappa shape index (κ1) is 14.8. The van der Waals surface area contributed by atoms with E-state index in [1.165, 1.54) is 0 Å². The van der Waals surface area contributed by atoms with E-state index in [0.717, 1.165) is 49.7 Å². The molecular weight excluding hydrogens is 226 g/mol. The van der Waals surface area contributed by atoms with Gasteiger partial charge in [0, 0.05) is 20.1 Å². The van der Waals surface area contributed by atoms with Gasteiger partial charge < -0.3 is 15.5 Å². The summed E-state index contributed by atoms with van der Waals surface area (Å²) in [6.07, 6.45) is 2.02. The summed E-state index contributed by atoms with van der Waals surface area (Å²) in [5, 5.41) is 4.48. The molecule has 1 heterocycles. The summed E-state index contributed by atoms with van der Waals surface area (Å²) < 4.78 is 1.91. The Morgan fingerprint density at radius 2 is 1.89 bits per heavy atom. The van der Waals surface area contributed by atoms with Crippen LogP contribution in [0, 0.1) is 0 Å². The normalized spacial score (nSPS) is 11.2. The van der Waals surface area contributed by atoms with Gasteiger partial charge >= 0.3 is 0 Å². The zero-order valence-electron chi connectivity index (χ0n) is 12.4. The van der Waals surface area contributed by atoms with Crippen LogP contribution in [0.4, 0.5) is 11.5 Å². The molecule has 1 aromatic heterocycles. The van der Waals surface area contributed by atoms with Crippen LogP contribution in [0.15, 0.2) is 0 Å². The maximum Gasteiger partial charge on any atom is 0.150 e. The predicted molar refractivity (Wildman–Crippen MR) is 78.1 cm³/mol. The van der Waals surface area contributed by atoms with E-state index in [2.05, 4.69) is 42.8 Å². The molecule has 0 saturated carbocycles. The van der Waals surface area contributed by atoms with Crippen LogP contribution < -0.4 is 10.6 Å². The Kier molecular flexibility index (Phi) is 5.47. The molecule has 1 aromatic rings. The molecule has 0 aliphatic heterocycles. The first-order valence-corrected chi connectivity index (χ1v) is 6.72. The van der Waals surface area contributed by atoms with E-state index in [4.69, 9.17) is 5.73 Å². The number of hydrogen-bond acceptors (Lipinski definition) is 4. The zero-order valence-corrected chi connectivity index (χ0v) is 12.4. The lowest BCUT2D eigenvalue weighted by atomic mass is 10.2. The molecule has 0 bridgehead atoms. The number of nitrogen functional groups attached to an aromatic ring is 1. The van der Waals surface area contributed by atoms with Gasteiger partial charge in [-0.15, -0.1) is 0 Å². The van der Waals surface area contributed by atoms with Gasteiger partial charge in [-0.05, 0) is 40.4 Å². The van der Waals surface area contributed by atoms with E-state index in [0.29, 0.717) is 0 Å². The van der Waals surface area contributed by atoms with Crippen LogP contribution in [0.25, 0.3) is 0 Å². The van der Waals surface area contributed by atoms with Crippen LogP contribution >= 0.6 is 0 Å². The summed E-state index contributed by atoms with van der Waals surface area (Å²) >= 11 is 0. The second-order valence-electron chi connectivity index (χ2n) is 4.90. The Labute approximate surface area is 111 Å². The number of aromatic nitrogens is 2. The Morgan fingerprint density at radius 1 is 1.22 bits per heavy atom. The van der Waals surface area contributed by atoms with Crippen molar-refractivity contribution in [1.29, 1.82) is 0 Å². The molecule has 0 unspecified atom stereocenters. The predicted octanol–water partition coefficient (Wildman–Crippen LogP) is 1.34. The smallest absolute Gasteiger partial charge is 0.150 e. The number of hydrogen-bond donors (Lipinski definition) is 1. The van der Waals surface area contributed by atoms with Gasteiger partial charge in [0.05, 0.1) is 11.4 Å². The fourth-order valence-electron chi connectivity index (χ4n) is 2.21. The van der Waals surface area contributed by atoms with Crippen LogP contribution in [0.1, 0.15) is 26.0 Å². The van der Waals surface area contributed by atoms with E-state index in [9.17, 15) is 0 Å². The molecule has 18 heavy (non-hydrogen) atoms. The highest BCUT2D eigenvalue weighted by Crippen LogP contribution is 2.26. The fraction of sp³-hybridized carbons (Fsp3) is 0.769. The lowest BCUT2D eigenvalue weighted by molar-refractivity contribution is 0.400. The van der Waals surface area contributed by atoms with Crippen LogP contribution in [-0.2, 0) is 13.5 Å². The van der Waals surface area contributed by atoms with E-state index in [-0.39, 0.29) is 0 Å².